The molecular weight excluding hydrogens is 256 g/mol. The summed E-state index contributed by atoms with van der Waals surface area (Å²) in [4.78, 5) is 0. The van der Waals surface area contributed by atoms with Gasteiger partial charge in [0, 0.05) is 18.9 Å². The second-order valence-electron chi connectivity index (χ2n) is 4.49. The molecule has 0 unspecified atom stereocenters. The first-order chi connectivity index (χ1) is 9.72. The first-order valence-electron chi connectivity index (χ1n) is 6.15. The van der Waals surface area contributed by atoms with Crippen molar-refractivity contribution in [3.8, 4) is 5.69 Å². The van der Waals surface area contributed by atoms with Crippen molar-refractivity contribution in [3.05, 3.63) is 42.0 Å². The number of aromatic nitrogens is 7. The molecule has 2 heterocycles. The summed E-state index contributed by atoms with van der Waals surface area (Å²) in [5.41, 5.74) is 3.96. The van der Waals surface area contributed by atoms with E-state index in [-0.39, 0.29) is 0 Å². The standard InChI is InChI=1S/C12H14N8/c1-9-5-10(13-6-11-7-19(2)17-15-11)3-4-12(9)20-8-14-16-18-20/h3-5,7-8,13H,6H2,1-2H3. The number of hydrogen-bond acceptors (Lipinski definition) is 6. The fourth-order valence-corrected chi connectivity index (χ4v) is 1.96. The summed E-state index contributed by atoms with van der Waals surface area (Å²) in [5.74, 6) is 0. The van der Waals surface area contributed by atoms with Gasteiger partial charge in [-0.05, 0) is 41.1 Å². The maximum absolute atomic E-state index is 4.03. The van der Waals surface area contributed by atoms with Gasteiger partial charge in [-0.2, -0.15) is 0 Å². The van der Waals surface area contributed by atoms with Crippen LogP contribution in [0.5, 0.6) is 0 Å². The van der Waals surface area contributed by atoms with Gasteiger partial charge in [0.15, 0.2) is 0 Å². The van der Waals surface area contributed by atoms with Crippen LogP contribution < -0.4 is 5.32 Å². The molecular formula is C12H14N8. The molecule has 8 heteroatoms. The minimum Gasteiger partial charge on any atom is -0.379 e. The van der Waals surface area contributed by atoms with Crippen molar-refractivity contribution >= 4 is 5.69 Å². The molecule has 0 spiro atoms. The molecule has 3 aromatic rings. The molecule has 3 rings (SSSR count). The van der Waals surface area contributed by atoms with Crippen LogP contribution in [0.3, 0.4) is 0 Å². The lowest BCUT2D eigenvalue weighted by molar-refractivity contribution is 0.713. The van der Waals surface area contributed by atoms with Gasteiger partial charge in [-0.25, -0.2) is 4.68 Å². The SMILES string of the molecule is Cc1cc(NCc2cn(C)nn2)ccc1-n1cnnn1. The van der Waals surface area contributed by atoms with Crippen molar-refractivity contribution in [2.75, 3.05) is 5.32 Å². The molecule has 0 aliphatic carbocycles. The maximum atomic E-state index is 4.03. The van der Waals surface area contributed by atoms with Crippen molar-refractivity contribution < 1.29 is 0 Å². The smallest absolute Gasteiger partial charge is 0.143 e. The van der Waals surface area contributed by atoms with Gasteiger partial charge in [-0.1, -0.05) is 5.21 Å². The average Bonchev–Trinajstić information content (AvgIpc) is 3.08. The summed E-state index contributed by atoms with van der Waals surface area (Å²) in [6.45, 7) is 2.65. The third kappa shape index (κ3) is 2.48. The fourth-order valence-electron chi connectivity index (χ4n) is 1.96. The second kappa shape index (κ2) is 5.08. The Morgan fingerprint density at radius 3 is 2.80 bits per heavy atom. The molecule has 2 aromatic heterocycles. The Morgan fingerprint density at radius 1 is 1.25 bits per heavy atom. The van der Waals surface area contributed by atoms with Gasteiger partial charge in [0.25, 0.3) is 0 Å². The summed E-state index contributed by atoms with van der Waals surface area (Å²) in [5, 5.41) is 22.4. The van der Waals surface area contributed by atoms with Crippen LogP contribution in [0.15, 0.2) is 30.7 Å². The van der Waals surface area contributed by atoms with Gasteiger partial charge in [0.05, 0.1) is 12.2 Å². The fraction of sp³-hybridized carbons (Fsp3) is 0.250. The molecule has 0 aliphatic rings. The van der Waals surface area contributed by atoms with E-state index in [1.54, 1.807) is 15.7 Å². The van der Waals surface area contributed by atoms with Gasteiger partial charge in [-0.15, -0.1) is 10.2 Å². The van der Waals surface area contributed by atoms with E-state index in [4.69, 9.17) is 0 Å². The van der Waals surface area contributed by atoms with E-state index in [9.17, 15) is 0 Å². The highest BCUT2D eigenvalue weighted by molar-refractivity contribution is 5.53. The van der Waals surface area contributed by atoms with Crippen LogP contribution in [-0.4, -0.2) is 35.2 Å². The molecule has 0 saturated heterocycles. The van der Waals surface area contributed by atoms with Crippen LogP contribution in [0.25, 0.3) is 5.69 Å². The topological polar surface area (TPSA) is 86.3 Å². The third-order valence-electron chi connectivity index (χ3n) is 2.92. The van der Waals surface area contributed by atoms with Gasteiger partial charge in [0.1, 0.15) is 12.0 Å². The van der Waals surface area contributed by atoms with E-state index in [0.717, 1.165) is 22.6 Å². The Bertz CT molecular complexity index is 700. The minimum absolute atomic E-state index is 0.636. The number of aryl methyl sites for hydroxylation is 2. The molecule has 0 aliphatic heterocycles. The predicted molar refractivity (Wildman–Crippen MR) is 72.2 cm³/mol. The molecule has 0 saturated carbocycles. The largest absolute Gasteiger partial charge is 0.379 e. The van der Waals surface area contributed by atoms with E-state index < -0.39 is 0 Å². The maximum Gasteiger partial charge on any atom is 0.143 e. The van der Waals surface area contributed by atoms with Crippen molar-refractivity contribution in [1.82, 2.24) is 35.2 Å². The van der Waals surface area contributed by atoms with Crippen LogP contribution in [0.2, 0.25) is 0 Å². The number of tetrazole rings is 1. The summed E-state index contributed by atoms with van der Waals surface area (Å²) in [6.07, 6.45) is 3.46. The molecule has 1 aromatic carbocycles. The zero-order chi connectivity index (χ0) is 13.9. The quantitative estimate of drug-likeness (QED) is 0.751. The van der Waals surface area contributed by atoms with E-state index in [0.29, 0.717) is 6.54 Å². The monoisotopic (exact) mass is 270 g/mol. The normalized spacial score (nSPS) is 10.7. The molecule has 8 nitrogen and oxygen atoms in total. The molecule has 0 amide bonds. The highest BCUT2D eigenvalue weighted by Gasteiger charge is 2.04. The predicted octanol–water partition coefficient (Wildman–Crippen LogP) is 0.711. The van der Waals surface area contributed by atoms with Gasteiger partial charge in [0.2, 0.25) is 0 Å². The van der Waals surface area contributed by atoms with Crippen LogP contribution in [0.1, 0.15) is 11.3 Å². The van der Waals surface area contributed by atoms with Crippen molar-refractivity contribution in [3.63, 3.8) is 0 Å². The second-order valence-corrected chi connectivity index (χ2v) is 4.49. The lowest BCUT2D eigenvalue weighted by Crippen LogP contribution is -2.02. The Kier molecular flexibility index (Phi) is 3.12. The molecule has 0 fully saturated rings. The molecule has 1 N–H and O–H groups in total. The van der Waals surface area contributed by atoms with Crippen molar-refractivity contribution in [1.29, 1.82) is 0 Å². The summed E-state index contributed by atoms with van der Waals surface area (Å²) < 4.78 is 3.32. The highest BCUT2D eigenvalue weighted by atomic mass is 15.5. The van der Waals surface area contributed by atoms with Crippen molar-refractivity contribution in [2.45, 2.75) is 13.5 Å². The average molecular weight is 270 g/mol. The van der Waals surface area contributed by atoms with Crippen molar-refractivity contribution in [2.24, 2.45) is 7.05 Å². The van der Waals surface area contributed by atoms with E-state index in [2.05, 4.69) is 31.2 Å². The van der Waals surface area contributed by atoms with E-state index >= 15 is 0 Å². The lowest BCUT2D eigenvalue weighted by atomic mass is 10.2. The molecule has 0 radical (unpaired) electrons. The Labute approximate surface area is 115 Å². The number of hydrogen-bond donors (Lipinski definition) is 1. The Morgan fingerprint density at radius 2 is 2.15 bits per heavy atom. The van der Waals surface area contributed by atoms with Gasteiger partial charge < -0.3 is 5.32 Å². The van der Waals surface area contributed by atoms with Gasteiger partial charge in [-0.3, -0.25) is 4.68 Å². The summed E-state index contributed by atoms with van der Waals surface area (Å²) in [6, 6.07) is 6.01. The molecule has 20 heavy (non-hydrogen) atoms. The third-order valence-corrected chi connectivity index (χ3v) is 2.92. The number of rotatable bonds is 4. The molecule has 0 atom stereocenters. The van der Waals surface area contributed by atoms with Crippen LogP contribution in [0.4, 0.5) is 5.69 Å². The van der Waals surface area contributed by atoms with Crippen LogP contribution in [-0.2, 0) is 13.6 Å². The van der Waals surface area contributed by atoms with Crippen LogP contribution >= 0.6 is 0 Å². The highest BCUT2D eigenvalue weighted by Crippen LogP contribution is 2.18. The zero-order valence-electron chi connectivity index (χ0n) is 11.2. The van der Waals surface area contributed by atoms with E-state index in [1.165, 1.54) is 0 Å². The summed E-state index contributed by atoms with van der Waals surface area (Å²) in [7, 11) is 1.85. The van der Waals surface area contributed by atoms with Gasteiger partial charge >= 0.3 is 0 Å². The number of nitrogens with zero attached hydrogens (tertiary/aromatic N) is 7. The number of benzene rings is 1. The Balaban J connectivity index is 1.74. The molecule has 0 bridgehead atoms. The first kappa shape index (κ1) is 12.3. The number of nitrogens with one attached hydrogen (secondary N) is 1. The zero-order valence-corrected chi connectivity index (χ0v) is 11.2. The number of anilines is 1. The minimum atomic E-state index is 0.636. The Hall–Kier alpha value is -2.77. The molecule has 102 valence electrons. The summed E-state index contributed by atoms with van der Waals surface area (Å²) >= 11 is 0. The first-order valence-corrected chi connectivity index (χ1v) is 6.15. The lowest BCUT2D eigenvalue weighted by Gasteiger charge is -2.08. The van der Waals surface area contributed by atoms with E-state index in [1.807, 2.05) is 38.4 Å². The van der Waals surface area contributed by atoms with Crippen LogP contribution in [0, 0.1) is 6.92 Å².